The fourth-order valence-corrected chi connectivity index (χ4v) is 3.15. The van der Waals surface area contributed by atoms with E-state index in [2.05, 4.69) is 38.7 Å². The lowest BCUT2D eigenvalue weighted by Crippen LogP contribution is -2.26. The van der Waals surface area contributed by atoms with Gasteiger partial charge in [-0.05, 0) is 43.5 Å². The molecular weight excluding hydrogens is 332 g/mol. The molecule has 2 aliphatic rings. The van der Waals surface area contributed by atoms with Gasteiger partial charge in [0.05, 0.1) is 6.61 Å². The van der Waals surface area contributed by atoms with Gasteiger partial charge < -0.3 is 15.4 Å². The number of rotatable bonds is 7. The third-order valence-electron chi connectivity index (χ3n) is 3.84. The first-order valence-electron chi connectivity index (χ1n) is 7.66. The highest BCUT2D eigenvalue weighted by Gasteiger charge is 2.22. The van der Waals surface area contributed by atoms with Crippen LogP contribution in [0.5, 0.6) is 5.75 Å². The molecule has 1 fully saturated rings. The number of benzene rings is 1. The van der Waals surface area contributed by atoms with Crippen LogP contribution in [0.4, 0.5) is 0 Å². The normalized spacial score (nSPS) is 16.4. The van der Waals surface area contributed by atoms with Crippen LogP contribution in [0.25, 0.3) is 0 Å². The lowest BCUT2D eigenvalue weighted by atomic mass is 10.1. The van der Waals surface area contributed by atoms with Gasteiger partial charge in [-0.15, -0.1) is 0 Å². The molecule has 2 N–H and O–H groups in total. The minimum Gasteiger partial charge on any atom is -0.493 e. The minimum absolute atomic E-state index is 0.186. The number of carbonyl (C=O) groups is 1. The molecule has 0 spiro atoms. The number of hydrogen-bond donors (Lipinski definition) is 2. The molecule has 1 heterocycles. The Morgan fingerprint density at radius 1 is 1.38 bits per heavy atom. The zero-order chi connectivity index (χ0) is 14.7. The summed E-state index contributed by atoms with van der Waals surface area (Å²) in [5, 5.41) is 6.41. The average molecular weight is 353 g/mol. The summed E-state index contributed by atoms with van der Waals surface area (Å²) in [6.45, 7) is 2.41. The highest BCUT2D eigenvalue weighted by molar-refractivity contribution is 9.10. The highest BCUT2D eigenvalue weighted by atomic mass is 79.9. The van der Waals surface area contributed by atoms with Crippen LogP contribution in [0.3, 0.4) is 0 Å². The number of nitrogens with one attached hydrogen (secondary N) is 2. The predicted molar refractivity (Wildman–Crippen MR) is 85.4 cm³/mol. The summed E-state index contributed by atoms with van der Waals surface area (Å²) in [5.41, 5.74) is 2.48. The van der Waals surface area contributed by atoms with Crippen LogP contribution < -0.4 is 15.4 Å². The van der Waals surface area contributed by atoms with Crippen molar-refractivity contribution in [1.82, 2.24) is 10.6 Å². The zero-order valence-electron chi connectivity index (χ0n) is 12.1. The van der Waals surface area contributed by atoms with Gasteiger partial charge in [-0.1, -0.05) is 15.9 Å². The van der Waals surface area contributed by atoms with E-state index in [9.17, 15) is 4.79 Å². The minimum atomic E-state index is 0.186. The molecule has 1 saturated carbocycles. The van der Waals surface area contributed by atoms with Gasteiger partial charge in [0.1, 0.15) is 5.75 Å². The SMILES string of the molecule is O=C(CCCNCc1cc(Br)cc2c1OCC2)NC1CC1. The van der Waals surface area contributed by atoms with Crippen LogP contribution in [0.15, 0.2) is 16.6 Å². The van der Waals surface area contributed by atoms with Gasteiger partial charge in [0.2, 0.25) is 5.91 Å². The molecule has 0 bridgehead atoms. The van der Waals surface area contributed by atoms with Crippen LogP contribution in [-0.2, 0) is 17.8 Å². The summed E-state index contributed by atoms with van der Waals surface area (Å²) in [4.78, 5) is 11.6. The van der Waals surface area contributed by atoms with Crippen molar-refractivity contribution in [2.24, 2.45) is 0 Å². The van der Waals surface area contributed by atoms with Crippen LogP contribution in [-0.4, -0.2) is 25.1 Å². The smallest absolute Gasteiger partial charge is 0.220 e. The third kappa shape index (κ3) is 4.20. The van der Waals surface area contributed by atoms with Crippen molar-refractivity contribution in [2.45, 2.75) is 44.7 Å². The Balaban J connectivity index is 1.40. The number of halogens is 1. The molecule has 5 heteroatoms. The van der Waals surface area contributed by atoms with E-state index in [1.807, 2.05) is 0 Å². The summed E-state index contributed by atoms with van der Waals surface area (Å²) >= 11 is 3.55. The maximum Gasteiger partial charge on any atom is 0.220 e. The molecule has 114 valence electrons. The highest BCUT2D eigenvalue weighted by Crippen LogP contribution is 2.32. The largest absolute Gasteiger partial charge is 0.493 e. The third-order valence-corrected chi connectivity index (χ3v) is 4.30. The van der Waals surface area contributed by atoms with Crippen molar-refractivity contribution in [3.63, 3.8) is 0 Å². The van der Waals surface area contributed by atoms with Gasteiger partial charge in [0.15, 0.2) is 0 Å². The second kappa shape index (κ2) is 6.79. The van der Waals surface area contributed by atoms with Crippen molar-refractivity contribution in [2.75, 3.05) is 13.2 Å². The van der Waals surface area contributed by atoms with Crippen LogP contribution in [0, 0.1) is 0 Å². The van der Waals surface area contributed by atoms with E-state index in [1.54, 1.807) is 0 Å². The van der Waals surface area contributed by atoms with Gasteiger partial charge in [-0.25, -0.2) is 0 Å². The fraction of sp³-hybridized carbons (Fsp3) is 0.562. The Labute approximate surface area is 133 Å². The monoisotopic (exact) mass is 352 g/mol. The molecule has 3 rings (SSSR count). The first kappa shape index (κ1) is 14.9. The van der Waals surface area contributed by atoms with Crippen molar-refractivity contribution >= 4 is 21.8 Å². The molecule has 1 aromatic carbocycles. The lowest BCUT2D eigenvalue weighted by Gasteiger charge is -2.10. The van der Waals surface area contributed by atoms with Gasteiger partial charge in [-0.3, -0.25) is 4.79 Å². The number of hydrogen-bond acceptors (Lipinski definition) is 3. The van der Waals surface area contributed by atoms with E-state index in [-0.39, 0.29) is 5.91 Å². The van der Waals surface area contributed by atoms with E-state index in [4.69, 9.17) is 4.74 Å². The maximum absolute atomic E-state index is 11.6. The Morgan fingerprint density at radius 3 is 3.05 bits per heavy atom. The number of fused-ring (bicyclic) bond motifs is 1. The predicted octanol–water partition coefficient (Wildman–Crippen LogP) is 2.53. The first-order valence-corrected chi connectivity index (χ1v) is 8.46. The second-order valence-electron chi connectivity index (χ2n) is 5.77. The molecule has 1 amide bonds. The standard InChI is InChI=1S/C16H21BrN2O2/c17-13-8-11-5-7-21-16(11)12(9-13)10-18-6-1-2-15(20)19-14-3-4-14/h8-9,14,18H,1-7,10H2,(H,19,20). The number of ether oxygens (including phenoxy) is 1. The number of carbonyl (C=O) groups excluding carboxylic acids is 1. The second-order valence-corrected chi connectivity index (χ2v) is 6.69. The van der Waals surface area contributed by atoms with E-state index in [1.165, 1.54) is 11.1 Å². The first-order chi connectivity index (χ1) is 10.2. The average Bonchev–Trinajstić information content (AvgIpc) is 3.12. The molecule has 1 aromatic rings. The Morgan fingerprint density at radius 2 is 2.24 bits per heavy atom. The maximum atomic E-state index is 11.6. The summed E-state index contributed by atoms with van der Waals surface area (Å²) in [7, 11) is 0. The molecule has 0 atom stereocenters. The van der Waals surface area contributed by atoms with Crippen molar-refractivity contribution in [3.8, 4) is 5.75 Å². The summed E-state index contributed by atoms with van der Waals surface area (Å²) in [6.07, 6.45) is 4.77. The van der Waals surface area contributed by atoms with Crippen LogP contribution >= 0.6 is 15.9 Å². The van der Waals surface area contributed by atoms with Crippen molar-refractivity contribution in [3.05, 3.63) is 27.7 Å². The van der Waals surface area contributed by atoms with E-state index in [0.717, 1.165) is 55.6 Å². The summed E-state index contributed by atoms with van der Waals surface area (Å²) < 4.78 is 6.81. The van der Waals surface area contributed by atoms with E-state index < -0.39 is 0 Å². The quantitative estimate of drug-likeness (QED) is 0.741. The van der Waals surface area contributed by atoms with Gasteiger partial charge >= 0.3 is 0 Å². The van der Waals surface area contributed by atoms with Crippen LogP contribution in [0.2, 0.25) is 0 Å². The van der Waals surface area contributed by atoms with Crippen molar-refractivity contribution in [1.29, 1.82) is 0 Å². The summed E-state index contributed by atoms with van der Waals surface area (Å²) in [5.74, 6) is 1.23. The molecule has 4 nitrogen and oxygen atoms in total. The van der Waals surface area contributed by atoms with Gasteiger partial charge in [0, 0.05) is 35.5 Å². The molecule has 1 aliphatic heterocycles. The molecule has 1 aliphatic carbocycles. The molecule has 0 saturated heterocycles. The Kier molecular flexibility index (Phi) is 4.80. The Bertz CT molecular complexity index is 529. The van der Waals surface area contributed by atoms with Crippen LogP contribution in [0.1, 0.15) is 36.8 Å². The Hall–Kier alpha value is -1.07. The zero-order valence-corrected chi connectivity index (χ0v) is 13.7. The fourth-order valence-electron chi connectivity index (χ4n) is 2.60. The van der Waals surface area contributed by atoms with E-state index >= 15 is 0 Å². The lowest BCUT2D eigenvalue weighted by molar-refractivity contribution is -0.121. The number of amides is 1. The molecule has 0 radical (unpaired) electrons. The van der Waals surface area contributed by atoms with Gasteiger partial charge in [0.25, 0.3) is 0 Å². The van der Waals surface area contributed by atoms with Crippen molar-refractivity contribution < 1.29 is 9.53 Å². The molecule has 0 aromatic heterocycles. The topological polar surface area (TPSA) is 50.4 Å². The molecule has 0 unspecified atom stereocenters. The van der Waals surface area contributed by atoms with Gasteiger partial charge in [-0.2, -0.15) is 0 Å². The molecular formula is C16H21BrN2O2. The summed E-state index contributed by atoms with van der Waals surface area (Å²) in [6, 6.07) is 4.71. The molecule has 21 heavy (non-hydrogen) atoms. The van der Waals surface area contributed by atoms with E-state index in [0.29, 0.717) is 12.5 Å².